The third-order valence-corrected chi connectivity index (χ3v) is 3.03. The van der Waals surface area contributed by atoms with Crippen molar-refractivity contribution >= 4 is 17.5 Å². The van der Waals surface area contributed by atoms with Gasteiger partial charge >= 0.3 is 0 Å². The van der Waals surface area contributed by atoms with Crippen LogP contribution in [-0.2, 0) is 6.54 Å². The highest BCUT2D eigenvalue weighted by Crippen LogP contribution is 2.11. The summed E-state index contributed by atoms with van der Waals surface area (Å²) in [5, 5.41) is 3.37. The molecule has 0 aliphatic carbocycles. The molecule has 19 heavy (non-hydrogen) atoms. The Hall–Kier alpha value is -1.87. The van der Waals surface area contributed by atoms with Crippen molar-refractivity contribution in [2.75, 3.05) is 0 Å². The third-order valence-electron chi connectivity index (χ3n) is 2.78. The monoisotopic (exact) mass is 277 g/mol. The molecule has 2 rings (SSSR count). The van der Waals surface area contributed by atoms with Gasteiger partial charge in [0.1, 0.15) is 5.82 Å². The second-order valence-electron chi connectivity index (χ2n) is 4.27. The number of benzene rings is 2. The van der Waals surface area contributed by atoms with E-state index in [-0.39, 0.29) is 11.7 Å². The van der Waals surface area contributed by atoms with Crippen molar-refractivity contribution < 1.29 is 9.18 Å². The molecule has 0 fully saturated rings. The number of carbonyl (C=O) groups is 1. The van der Waals surface area contributed by atoms with Crippen LogP contribution in [0.3, 0.4) is 0 Å². The van der Waals surface area contributed by atoms with Crippen LogP contribution < -0.4 is 5.32 Å². The van der Waals surface area contributed by atoms with E-state index in [1.807, 2.05) is 0 Å². The van der Waals surface area contributed by atoms with Crippen molar-refractivity contribution in [3.63, 3.8) is 0 Å². The van der Waals surface area contributed by atoms with Gasteiger partial charge in [-0.1, -0.05) is 23.7 Å². The maximum Gasteiger partial charge on any atom is 0.251 e. The fraction of sp³-hybridized carbons (Fsp3) is 0.133. The summed E-state index contributed by atoms with van der Waals surface area (Å²) in [4.78, 5) is 11.9. The first-order chi connectivity index (χ1) is 9.06. The molecule has 98 valence electrons. The number of nitrogens with one attached hydrogen (secondary N) is 1. The molecule has 4 heteroatoms. The lowest BCUT2D eigenvalue weighted by molar-refractivity contribution is 0.0951. The van der Waals surface area contributed by atoms with Gasteiger partial charge in [-0.05, 0) is 48.4 Å². The van der Waals surface area contributed by atoms with E-state index in [1.165, 1.54) is 6.07 Å². The first kappa shape index (κ1) is 13.6. The summed E-state index contributed by atoms with van der Waals surface area (Å²) in [6.07, 6.45) is 0. The molecular weight excluding hydrogens is 265 g/mol. The summed E-state index contributed by atoms with van der Waals surface area (Å²) in [5.74, 6) is -0.425. The quantitative estimate of drug-likeness (QED) is 0.910. The zero-order chi connectivity index (χ0) is 13.8. The van der Waals surface area contributed by atoms with Crippen molar-refractivity contribution in [1.29, 1.82) is 0 Å². The molecular formula is C15H13ClFNO. The fourth-order valence-electron chi connectivity index (χ4n) is 1.70. The molecule has 0 atom stereocenters. The van der Waals surface area contributed by atoms with Crippen molar-refractivity contribution in [2.24, 2.45) is 0 Å². The topological polar surface area (TPSA) is 29.1 Å². The Morgan fingerprint density at radius 1 is 1.21 bits per heavy atom. The van der Waals surface area contributed by atoms with Crippen molar-refractivity contribution in [2.45, 2.75) is 13.5 Å². The number of hydrogen-bond acceptors (Lipinski definition) is 1. The molecule has 0 spiro atoms. The lowest BCUT2D eigenvalue weighted by atomic mass is 10.1. The number of halogens is 2. The summed E-state index contributed by atoms with van der Waals surface area (Å²) in [6, 6.07) is 11.4. The average Bonchev–Trinajstić information content (AvgIpc) is 2.40. The average molecular weight is 278 g/mol. The van der Waals surface area contributed by atoms with E-state index in [4.69, 9.17) is 11.6 Å². The van der Waals surface area contributed by atoms with Gasteiger partial charge in [0.15, 0.2) is 0 Å². The summed E-state index contributed by atoms with van der Waals surface area (Å²) >= 11 is 5.75. The smallest absolute Gasteiger partial charge is 0.251 e. The highest BCUT2D eigenvalue weighted by molar-refractivity contribution is 6.30. The largest absolute Gasteiger partial charge is 0.348 e. The lowest BCUT2D eigenvalue weighted by Gasteiger charge is -2.06. The highest BCUT2D eigenvalue weighted by Gasteiger charge is 2.05. The van der Waals surface area contributed by atoms with Gasteiger partial charge in [0, 0.05) is 17.1 Å². The van der Waals surface area contributed by atoms with Gasteiger partial charge in [-0.2, -0.15) is 0 Å². The first-order valence-corrected chi connectivity index (χ1v) is 6.23. The molecule has 0 saturated heterocycles. The van der Waals surface area contributed by atoms with Crippen LogP contribution in [0.25, 0.3) is 0 Å². The van der Waals surface area contributed by atoms with Crippen LogP contribution >= 0.6 is 11.6 Å². The minimum Gasteiger partial charge on any atom is -0.348 e. The molecule has 0 aliphatic rings. The Balaban J connectivity index is 2.00. The predicted molar refractivity (Wildman–Crippen MR) is 73.8 cm³/mol. The van der Waals surface area contributed by atoms with Gasteiger partial charge in [0.25, 0.3) is 5.91 Å². The van der Waals surface area contributed by atoms with Gasteiger partial charge in [0.2, 0.25) is 0 Å². The van der Waals surface area contributed by atoms with E-state index >= 15 is 0 Å². The van der Waals surface area contributed by atoms with Crippen LogP contribution in [0.4, 0.5) is 4.39 Å². The molecule has 0 heterocycles. The number of rotatable bonds is 3. The van der Waals surface area contributed by atoms with Crippen LogP contribution in [0, 0.1) is 12.7 Å². The maximum absolute atomic E-state index is 13.1. The van der Waals surface area contributed by atoms with Crippen molar-refractivity contribution in [3.8, 4) is 0 Å². The van der Waals surface area contributed by atoms with E-state index in [0.29, 0.717) is 22.7 Å². The van der Waals surface area contributed by atoms with E-state index in [9.17, 15) is 9.18 Å². The zero-order valence-electron chi connectivity index (χ0n) is 10.4. The molecule has 0 aromatic heterocycles. The lowest BCUT2D eigenvalue weighted by Crippen LogP contribution is -2.22. The van der Waals surface area contributed by atoms with Gasteiger partial charge in [-0.15, -0.1) is 0 Å². The number of carbonyl (C=O) groups excluding carboxylic acids is 1. The van der Waals surface area contributed by atoms with E-state index in [2.05, 4.69) is 5.32 Å². The van der Waals surface area contributed by atoms with Crippen LogP contribution in [0.1, 0.15) is 21.5 Å². The minimum absolute atomic E-state index is 0.182. The Morgan fingerprint density at radius 2 is 1.89 bits per heavy atom. The van der Waals surface area contributed by atoms with Gasteiger partial charge in [-0.25, -0.2) is 4.39 Å². The molecule has 2 aromatic carbocycles. The van der Waals surface area contributed by atoms with Crippen molar-refractivity contribution in [3.05, 3.63) is 70.0 Å². The summed E-state index contributed by atoms with van der Waals surface area (Å²) < 4.78 is 13.1. The molecule has 0 bridgehead atoms. The third kappa shape index (κ3) is 3.55. The maximum atomic E-state index is 13.1. The second-order valence-corrected chi connectivity index (χ2v) is 4.71. The minimum atomic E-state index is -0.243. The Bertz CT molecular complexity index is 596. The molecule has 2 nitrogen and oxygen atoms in total. The summed E-state index contributed by atoms with van der Waals surface area (Å²) in [7, 11) is 0. The highest BCUT2D eigenvalue weighted by atomic mass is 35.5. The number of aryl methyl sites for hydroxylation is 1. The molecule has 2 aromatic rings. The fourth-order valence-corrected chi connectivity index (χ4v) is 1.83. The summed E-state index contributed by atoms with van der Waals surface area (Å²) in [6.45, 7) is 2.06. The van der Waals surface area contributed by atoms with E-state index in [1.54, 1.807) is 43.3 Å². The Morgan fingerprint density at radius 3 is 2.53 bits per heavy atom. The van der Waals surface area contributed by atoms with Gasteiger partial charge in [-0.3, -0.25) is 4.79 Å². The van der Waals surface area contributed by atoms with Crippen LogP contribution in [0.15, 0.2) is 42.5 Å². The zero-order valence-corrected chi connectivity index (χ0v) is 11.2. The normalized spacial score (nSPS) is 10.3. The SMILES string of the molecule is Cc1cc(CNC(=O)c2ccc(Cl)cc2)ccc1F. The van der Waals surface area contributed by atoms with Crippen LogP contribution in [0.5, 0.6) is 0 Å². The number of hydrogen-bond donors (Lipinski definition) is 1. The van der Waals surface area contributed by atoms with Crippen LogP contribution in [-0.4, -0.2) is 5.91 Å². The molecule has 0 unspecified atom stereocenters. The summed E-state index contributed by atoms with van der Waals surface area (Å²) in [5.41, 5.74) is 1.97. The standard InChI is InChI=1S/C15H13ClFNO/c1-10-8-11(2-7-14(10)17)9-18-15(19)12-3-5-13(16)6-4-12/h2-8H,9H2,1H3,(H,18,19). The van der Waals surface area contributed by atoms with Gasteiger partial charge < -0.3 is 5.32 Å². The molecule has 1 N–H and O–H groups in total. The van der Waals surface area contributed by atoms with E-state index < -0.39 is 0 Å². The Labute approximate surface area is 116 Å². The molecule has 0 aliphatic heterocycles. The first-order valence-electron chi connectivity index (χ1n) is 5.85. The molecule has 1 amide bonds. The van der Waals surface area contributed by atoms with E-state index in [0.717, 1.165) is 5.56 Å². The molecule has 0 radical (unpaired) electrons. The number of amides is 1. The Kier molecular flexibility index (Phi) is 4.17. The second kappa shape index (κ2) is 5.85. The van der Waals surface area contributed by atoms with Crippen molar-refractivity contribution in [1.82, 2.24) is 5.32 Å². The van der Waals surface area contributed by atoms with Gasteiger partial charge in [0.05, 0.1) is 0 Å². The predicted octanol–water partition coefficient (Wildman–Crippen LogP) is 3.72. The molecule has 0 saturated carbocycles. The van der Waals surface area contributed by atoms with Crippen LogP contribution in [0.2, 0.25) is 5.02 Å².